The Bertz CT molecular complexity index is 380. The number of rotatable bonds is 7. The van der Waals surface area contributed by atoms with Gasteiger partial charge in [0.2, 0.25) is 0 Å². The molecule has 3 nitrogen and oxygen atoms in total. The summed E-state index contributed by atoms with van der Waals surface area (Å²) in [5, 5.41) is 2.99. The number of benzene rings is 1. The summed E-state index contributed by atoms with van der Waals surface area (Å²) in [5.74, 6) is 0.288. The summed E-state index contributed by atoms with van der Waals surface area (Å²) in [7, 11) is 3.50. The molecule has 0 unspecified atom stereocenters. The summed E-state index contributed by atoms with van der Waals surface area (Å²) in [6.45, 7) is 5.11. The number of halogens is 1. The van der Waals surface area contributed by atoms with Crippen LogP contribution in [-0.2, 0) is 11.3 Å². The van der Waals surface area contributed by atoms with Crippen molar-refractivity contribution in [3.05, 3.63) is 29.6 Å². The van der Waals surface area contributed by atoms with E-state index in [9.17, 15) is 4.39 Å². The molecular formula is C14H22FNO2. The second kappa shape index (κ2) is 6.71. The van der Waals surface area contributed by atoms with Gasteiger partial charge in [-0.25, -0.2) is 4.39 Å². The molecule has 18 heavy (non-hydrogen) atoms. The average molecular weight is 255 g/mol. The molecule has 0 fully saturated rings. The van der Waals surface area contributed by atoms with Gasteiger partial charge in [-0.05, 0) is 38.6 Å². The van der Waals surface area contributed by atoms with Gasteiger partial charge in [0.15, 0.2) is 0 Å². The highest BCUT2D eigenvalue weighted by molar-refractivity contribution is 5.29. The third-order valence-electron chi connectivity index (χ3n) is 2.84. The monoisotopic (exact) mass is 255 g/mol. The first-order valence-electron chi connectivity index (χ1n) is 6.09. The van der Waals surface area contributed by atoms with Crippen LogP contribution >= 0.6 is 0 Å². The van der Waals surface area contributed by atoms with Crippen molar-refractivity contribution in [3.8, 4) is 5.75 Å². The van der Waals surface area contributed by atoms with E-state index in [1.54, 1.807) is 7.11 Å². The van der Waals surface area contributed by atoms with Gasteiger partial charge in [0.25, 0.3) is 0 Å². The van der Waals surface area contributed by atoms with Gasteiger partial charge in [0.1, 0.15) is 11.6 Å². The predicted molar refractivity (Wildman–Crippen MR) is 70.4 cm³/mol. The van der Waals surface area contributed by atoms with Gasteiger partial charge in [-0.2, -0.15) is 0 Å². The molecule has 0 aliphatic carbocycles. The lowest BCUT2D eigenvalue weighted by atomic mass is 10.1. The van der Waals surface area contributed by atoms with Gasteiger partial charge in [-0.3, -0.25) is 0 Å². The third kappa shape index (κ3) is 5.02. The van der Waals surface area contributed by atoms with Crippen molar-refractivity contribution in [2.75, 3.05) is 20.8 Å². The molecule has 0 heterocycles. The Morgan fingerprint density at radius 1 is 1.28 bits per heavy atom. The second-order valence-electron chi connectivity index (χ2n) is 4.89. The van der Waals surface area contributed by atoms with E-state index < -0.39 is 0 Å². The SMILES string of the molecule is CNCc1cc(F)cc(OCCC(C)(C)OC)c1. The van der Waals surface area contributed by atoms with Gasteiger partial charge in [-0.15, -0.1) is 0 Å². The van der Waals surface area contributed by atoms with Crippen molar-refractivity contribution in [1.82, 2.24) is 5.32 Å². The summed E-state index contributed by atoms with van der Waals surface area (Å²) in [6.07, 6.45) is 0.751. The van der Waals surface area contributed by atoms with Crippen LogP contribution in [0.1, 0.15) is 25.8 Å². The van der Waals surface area contributed by atoms with E-state index in [-0.39, 0.29) is 11.4 Å². The van der Waals surface area contributed by atoms with Crippen molar-refractivity contribution < 1.29 is 13.9 Å². The van der Waals surface area contributed by atoms with Crippen molar-refractivity contribution in [2.24, 2.45) is 0 Å². The van der Waals surface area contributed by atoms with E-state index >= 15 is 0 Å². The highest BCUT2D eigenvalue weighted by atomic mass is 19.1. The molecule has 0 radical (unpaired) electrons. The number of hydrogen-bond acceptors (Lipinski definition) is 3. The molecule has 0 saturated heterocycles. The van der Waals surface area contributed by atoms with Crippen LogP contribution in [0.4, 0.5) is 4.39 Å². The minimum absolute atomic E-state index is 0.221. The van der Waals surface area contributed by atoms with Gasteiger partial charge >= 0.3 is 0 Å². The quantitative estimate of drug-likeness (QED) is 0.812. The molecule has 102 valence electrons. The summed E-state index contributed by atoms with van der Waals surface area (Å²) in [4.78, 5) is 0. The van der Waals surface area contributed by atoms with E-state index in [4.69, 9.17) is 9.47 Å². The highest BCUT2D eigenvalue weighted by Gasteiger charge is 2.16. The Hall–Kier alpha value is -1.13. The molecule has 0 atom stereocenters. The molecular weight excluding hydrogens is 233 g/mol. The van der Waals surface area contributed by atoms with Gasteiger partial charge < -0.3 is 14.8 Å². The zero-order chi connectivity index (χ0) is 13.6. The fraction of sp³-hybridized carbons (Fsp3) is 0.571. The van der Waals surface area contributed by atoms with Gasteiger partial charge in [0.05, 0.1) is 12.2 Å². The van der Waals surface area contributed by atoms with E-state index in [1.165, 1.54) is 12.1 Å². The fourth-order valence-electron chi connectivity index (χ4n) is 1.53. The maximum absolute atomic E-state index is 13.3. The smallest absolute Gasteiger partial charge is 0.127 e. The third-order valence-corrected chi connectivity index (χ3v) is 2.84. The lowest BCUT2D eigenvalue weighted by Crippen LogP contribution is -2.25. The van der Waals surface area contributed by atoms with E-state index in [2.05, 4.69) is 5.32 Å². The van der Waals surface area contributed by atoms with Crippen LogP contribution < -0.4 is 10.1 Å². The lowest BCUT2D eigenvalue weighted by molar-refractivity contribution is 0.00543. The van der Waals surface area contributed by atoms with Crippen molar-refractivity contribution >= 4 is 0 Å². The van der Waals surface area contributed by atoms with E-state index in [0.29, 0.717) is 18.9 Å². The van der Waals surface area contributed by atoms with E-state index in [1.807, 2.05) is 27.0 Å². The summed E-state index contributed by atoms with van der Waals surface area (Å²) >= 11 is 0. The summed E-state index contributed by atoms with van der Waals surface area (Å²) in [5.41, 5.74) is 0.653. The maximum atomic E-state index is 13.3. The van der Waals surface area contributed by atoms with Crippen LogP contribution in [-0.4, -0.2) is 26.4 Å². The minimum Gasteiger partial charge on any atom is -0.493 e. The van der Waals surface area contributed by atoms with Crippen molar-refractivity contribution in [1.29, 1.82) is 0 Å². The molecule has 0 bridgehead atoms. The average Bonchev–Trinajstić information content (AvgIpc) is 2.28. The molecule has 0 amide bonds. The molecule has 0 spiro atoms. The zero-order valence-corrected chi connectivity index (χ0v) is 11.5. The fourth-order valence-corrected chi connectivity index (χ4v) is 1.53. The largest absolute Gasteiger partial charge is 0.493 e. The Morgan fingerprint density at radius 2 is 2.00 bits per heavy atom. The number of ether oxygens (including phenoxy) is 2. The first-order chi connectivity index (χ1) is 8.46. The number of nitrogens with one attached hydrogen (secondary N) is 1. The van der Waals surface area contributed by atoms with Crippen LogP contribution in [0.15, 0.2) is 18.2 Å². The molecule has 0 aliphatic rings. The topological polar surface area (TPSA) is 30.5 Å². The summed E-state index contributed by atoms with van der Waals surface area (Å²) in [6, 6.07) is 4.75. The van der Waals surface area contributed by atoms with Crippen LogP contribution in [0.3, 0.4) is 0 Å². The van der Waals surface area contributed by atoms with Crippen LogP contribution in [0.5, 0.6) is 5.75 Å². The first kappa shape index (κ1) is 14.9. The molecule has 0 saturated carbocycles. The Labute approximate surface area is 108 Å². The number of methoxy groups -OCH3 is 1. The molecule has 0 aliphatic heterocycles. The van der Waals surface area contributed by atoms with Gasteiger partial charge in [0, 0.05) is 26.1 Å². The normalized spacial score (nSPS) is 11.6. The van der Waals surface area contributed by atoms with Crippen LogP contribution in [0, 0.1) is 5.82 Å². The van der Waals surface area contributed by atoms with E-state index in [0.717, 1.165) is 12.0 Å². The Balaban J connectivity index is 2.56. The maximum Gasteiger partial charge on any atom is 0.127 e. The van der Waals surface area contributed by atoms with Crippen molar-refractivity contribution in [2.45, 2.75) is 32.4 Å². The highest BCUT2D eigenvalue weighted by Crippen LogP contribution is 2.18. The van der Waals surface area contributed by atoms with Crippen LogP contribution in [0.2, 0.25) is 0 Å². The van der Waals surface area contributed by atoms with Gasteiger partial charge in [-0.1, -0.05) is 0 Å². The molecule has 1 rings (SSSR count). The molecule has 0 aromatic heterocycles. The second-order valence-corrected chi connectivity index (χ2v) is 4.89. The van der Waals surface area contributed by atoms with Crippen molar-refractivity contribution in [3.63, 3.8) is 0 Å². The Kier molecular flexibility index (Phi) is 5.56. The summed E-state index contributed by atoms with van der Waals surface area (Å²) < 4.78 is 24.2. The predicted octanol–water partition coefficient (Wildman–Crippen LogP) is 2.74. The lowest BCUT2D eigenvalue weighted by Gasteiger charge is -2.22. The Morgan fingerprint density at radius 3 is 2.61 bits per heavy atom. The molecule has 4 heteroatoms. The standard InChI is InChI=1S/C14H22FNO2/c1-14(2,17-4)5-6-18-13-8-11(10-16-3)7-12(15)9-13/h7-9,16H,5-6,10H2,1-4H3. The number of hydrogen-bond donors (Lipinski definition) is 1. The molecule has 1 N–H and O–H groups in total. The minimum atomic E-state index is -0.274. The van der Waals surface area contributed by atoms with Crippen LogP contribution in [0.25, 0.3) is 0 Å². The molecule has 1 aromatic carbocycles. The first-order valence-corrected chi connectivity index (χ1v) is 6.09. The zero-order valence-electron chi connectivity index (χ0n) is 11.5. The molecule has 1 aromatic rings.